The first-order chi connectivity index (χ1) is 14.8. The topological polar surface area (TPSA) is 58.2 Å². The second kappa shape index (κ2) is 13.6. The zero-order chi connectivity index (χ0) is 23.2. The number of hydrogen-bond acceptors (Lipinski definition) is 3. The van der Waals surface area contributed by atoms with E-state index in [2.05, 4.69) is 42.6 Å². The van der Waals surface area contributed by atoms with Gasteiger partial charge in [-0.15, -0.1) is 0 Å². The summed E-state index contributed by atoms with van der Waals surface area (Å²) < 4.78 is 0. The van der Waals surface area contributed by atoms with Gasteiger partial charge in [-0.2, -0.15) is 0 Å². The molecule has 0 heterocycles. The predicted octanol–water partition coefficient (Wildman–Crippen LogP) is 5.22. The molecule has 1 aromatic carbocycles. The number of benzene rings is 1. The summed E-state index contributed by atoms with van der Waals surface area (Å²) >= 11 is 0. The minimum atomic E-state index is -0.300. The maximum atomic E-state index is 11.6. The summed E-state index contributed by atoms with van der Waals surface area (Å²) in [7, 11) is 0. The Morgan fingerprint density at radius 3 is 2.55 bits per heavy atom. The Hall–Kier alpha value is -3.58. The lowest BCUT2D eigenvalue weighted by Gasteiger charge is -2.15. The highest BCUT2D eigenvalue weighted by Crippen LogP contribution is 2.21. The van der Waals surface area contributed by atoms with Crippen LogP contribution in [0.4, 0.5) is 0 Å². The molecule has 1 amide bonds. The van der Waals surface area contributed by atoms with Gasteiger partial charge in [-0.3, -0.25) is 9.59 Å². The predicted molar refractivity (Wildman–Crippen MR) is 130 cm³/mol. The first-order valence-electron chi connectivity index (χ1n) is 10.3. The van der Waals surface area contributed by atoms with Gasteiger partial charge in [-0.25, -0.2) is 0 Å². The molecule has 4 heteroatoms. The van der Waals surface area contributed by atoms with Crippen molar-refractivity contribution in [3.8, 4) is 11.8 Å². The standard InChI is InChI=1S/C27H32N2O2/c1-7-11-25(22(6)29-26(12-8-2)17-21(5)30)16-20(4)24-15-10-14-23(18-24)19-28-27(31)13-9-3/h7,10-11,14-18,29H,4,6,8,12,19H2,1-3,5H3,(H,28,31)/b11-7-,25-16+,26-17+. The molecule has 4 nitrogen and oxygen atoms in total. The Bertz CT molecular complexity index is 982. The molecule has 1 rings (SSSR count). The van der Waals surface area contributed by atoms with Crippen molar-refractivity contribution in [1.29, 1.82) is 0 Å². The molecule has 31 heavy (non-hydrogen) atoms. The Morgan fingerprint density at radius 1 is 1.19 bits per heavy atom. The normalized spacial score (nSPS) is 11.5. The number of ketones is 1. The molecular weight excluding hydrogens is 384 g/mol. The summed E-state index contributed by atoms with van der Waals surface area (Å²) in [5.74, 6) is 4.75. The monoisotopic (exact) mass is 416 g/mol. The van der Waals surface area contributed by atoms with Crippen molar-refractivity contribution in [3.63, 3.8) is 0 Å². The number of carbonyl (C=O) groups excluding carboxylic acids is 2. The Labute approximate surface area is 186 Å². The molecule has 0 saturated carbocycles. The van der Waals surface area contributed by atoms with E-state index in [1.807, 2.05) is 49.4 Å². The second-order valence-corrected chi connectivity index (χ2v) is 7.02. The lowest BCUT2D eigenvalue weighted by Crippen LogP contribution is -2.20. The molecule has 0 spiro atoms. The third kappa shape index (κ3) is 9.64. The van der Waals surface area contributed by atoms with E-state index in [1.165, 1.54) is 6.92 Å². The fourth-order valence-electron chi connectivity index (χ4n) is 2.86. The van der Waals surface area contributed by atoms with Crippen LogP contribution >= 0.6 is 0 Å². The van der Waals surface area contributed by atoms with Crippen LogP contribution in [-0.4, -0.2) is 11.7 Å². The van der Waals surface area contributed by atoms with E-state index in [0.717, 1.165) is 40.8 Å². The Morgan fingerprint density at radius 2 is 1.94 bits per heavy atom. The molecule has 2 N–H and O–H groups in total. The number of amides is 1. The number of hydrogen-bond donors (Lipinski definition) is 2. The second-order valence-electron chi connectivity index (χ2n) is 7.02. The first kappa shape index (κ1) is 25.5. The van der Waals surface area contributed by atoms with Crippen molar-refractivity contribution in [2.45, 2.75) is 47.1 Å². The van der Waals surface area contributed by atoms with Gasteiger partial charge in [0, 0.05) is 24.0 Å². The van der Waals surface area contributed by atoms with Crippen LogP contribution in [0.3, 0.4) is 0 Å². The van der Waals surface area contributed by atoms with Crippen molar-refractivity contribution in [3.05, 3.63) is 89.8 Å². The molecule has 0 saturated heterocycles. The summed E-state index contributed by atoms with van der Waals surface area (Å²) in [4.78, 5) is 23.1. The summed E-state index contributed by atoms with van der Waals surface area (Å²) in [5.41, 5.74) is 5.12. The molecule has 0 radical (unpaired) electrons. The molecule has 0 fully saturated rings. The van der Waals surface area contributed by atoms with E-state index in [0.29, 0.717) is 12.2 Å². The van der Waals surface area contributed by atoms with E-state index in [1.54, 1.807) is 13.0 Å². The molecule has 0 aliphatic carbocycles. The quantitative estimate of drug-likeness (QED) is 0.295. The van der Waals surface area contributed by atoms with Crippen molar-refractivity contribution >= 4 is 17.3 Å². The molecule has 0 aliphatic rings. The molecule has 0 bridgehead atoms. The van der Waals surface area contributed by atoms with Crippen LogP contribution in [0.25, 0.3) is 5.57 Å². The summed E-state index contributed by atoms with van der Waals surface area (Å²) in [6, 6.07) is 7.83. The van der Waals surface area contributed by atoms with Crippen LogP contribution < -0.4 is 10.6 Å². The van der Waals surface area contributed by atoms with Gasteiger partial charge in [-0.05, 0) is 67.5 Å². The van der Waals surface area contributed by atoms with Gasteiger partial charge >= 0.3 is 0 Å². The zero-order valence-corrected chi connectivity index (χ0v) is 19.0. The van der Waals surface area contributed by atoms with Crippen molar-refractivity contribution in [1.82, 2.24) is 10.6 Å². The number of nitrogens with one attached hydrogen (secondary N) is 2. The highest BCUT2D eigenvalue weighted by Gasteiger charge is 2.06. The van der Waals surface area contributed by atoms with Crippen LogP contribution in [0.15, 0.2) is 78.7 Å². The molecule has 0 unspecified atom stereocenters. The number of carbonyl (C=O) groups is 2. The maximum Gasteiger partial charge on any atom is 0.296 e. The molecule has 162 valence electrons. The van der Waals surface area contributed by atoms with Gasteiger partial charge in [0.05, 0.1) is 0 Å². The Balaban J connectivity index is 3.05. The largest absolute Gasteiger partial charge is 0.359 e. The van der Waals surface area contributed by atoms with E-state index in [-0.39, 0.29) is 11.7 Å². The van der Waals surface area contributed by atoms with Crippen LogP contribution in [0.2, 0.25) is 0 Å². The summed E-state index contributed by atoms with van der Waals surface area (Å²) in [5, 5.41) is 6.04. The van der Waals surface area contributed by atoms with Crippen LogP contribution in [0, 0.1) is 11.8 Å². The van der Waals surface area contributed by atoms with Crippen LogP contribution in [0.5, 0.6) is 0 Å². The van der Waals surface area contributed by atoms with Gasteiger partial charge in [-0.1, -0.05) is 62.8 Å². The molecular formula is C27H32N2O2. The summed E-state index contributed by atoms with van der Waals surface area (Å²) in [6.07, 6.45) is 9.12. The number of allylic oxidation sites excluding steroid dienone is 6. The lowest BCUT2D eigenvalue weighted by molar-refractivity contribution is -0.116. The Kier molecular flexibility index (Phi) is 11.2. The highest BCUT2D eigenvalue weighted by atomic mass is 16.1. The average Bonchev–Trinajstić information content (AvgIpc) is 2.72. The highest BCUT2D eigenvalue weighted by molar-refractivity contribution is 5.93. The maximum absolute atomic E-state index is 11.6. The average molecular weight is 417 g/mol. The molecule has 0 aromatic heterocycles. The minimum absolute atomic E-state index is 0.00135. The fraction of sp³-hybridized carbons (Fsp3) is 0.259. The molecule has 0 atom stereocenters. The van der Waals surface area contributed by atoms with Crippen LogP contribution in [0.1, 0.15) is 51.7 Å². The van der Waals surface area contributed by atoms with Gasteiger partial charge in [0.25, 0.3) is 5.91 Å². The fourth-order valence-corrected chi connectivity index (χ4v) is 2.86. The van der Waals surface area contributed by atoms with Gasteiger partial charge in [0.2, 0.25) is 0 Å². The van der Waals surface area contributed by atoms with Crippen molar-refractivity contribution in [2.75, 3.05) is 0 Å². The summed E-state index contributed by atoms with van der Waals surface area (Å²) in [6.45, 7) is 15.9. The SMILES string of the molecule is C=C(N/C(=C/C(C)=O)CCC)C(/C=C\C)=C/C(=C)c1cccc(CNC(=O)C#CC)c1. The third-order valence-electron chi connectivity index (χ3n) is 4.22. The molecule has 1 aromatic rings. The molecule has 0 aliphatic heterocycles. The van der Waals surface area contributed by atoms with E-state index in [4.69, 9.17) is 0 Å². The van der Waals surface area contributed by atoms with Gasteiger partial charge < -0.3 is 10.6 Å². The van der Waals surface area contributed by atoms with Crippen molar-refractivity contribution < 1.29 is 9.59 Å². The first-order valence-corrected chi connectivity index (χ1v) is 10.3. The van der Waals surface area contributed by atoms with Gasteiger partial charge in [0.1, 0.15) is 0 Å². The van der Waals surface area contributed by atoms with E-state index < -0.39 is 0 Å². The third-order valence-corrected chi connectivity index (χ3v) is 4.22. The minimum Gasteiger partial charge on any atom is -0.359 e. The lowest BCUT2D eigenvalue weighted by atomic mass is 10.0. The zero-order valence-electron chi connectivity index (χ0n) is 19.0. The van der Waals surface area contributed by atoms with Gasteiger partial charge in [0.15, 0.2) is 5.78 Å². The smallest absolute Gasteiger partial charge is 0.296 e. The van der Waals surface area contributed by atoms with Crippen molar-refractivity contribution in [2.24, 2.45) is 0 Å². The van der Waals surface area contributed by atoms with Crippen LogP contribution in [-0.2, 0) is 16.1 Å². The van der Waals surface area contributed by atoms with E-state index >= 15 is 0 Å². The van der Waals surface area contributed by atoms with E-state index in [9.17, 15) is 9.59 Å². The number of rotatable bonds is 11.